The van der Waals surface area contributed by atoms with Gasteiger partial charge >= 0.3 is 11.7 Å². The van der Waals surface area contributed by atoms with Gasteiger partial charge in [-0.1, -0.05) is 6.07 Å². The third kappa shape index (κ3) is 4.71. The second kappa shape index (κ2) is 7.03. The van der Waals surface area contributed by atoms with E-state index in [-0.39, 0.29) is 24.5 Å². The molecule has 1 aliphatic rings. The quantitative estimate of drug-likeness (QED) is 0.446. The molecule has 1 aromatic rings. The number of hydrogen-bond acceptors (Lipinski definition) is 6. The molecule has 1 saturated carbocycles. The van der Waals surface area contributed by atoms with E-state index >= 15 is 0 Å². The zero-order valence-corrected chi connectivity index (χ0v) is 11.8. The van der Waals surface area contributed by atoms with E-state index in [1.165, 1.54) is 13.2 Å². The van der Waals surface area contributed by atoms with Gasteiger partial charge in [-0.25, -0.2) is 0 Å². The van der Waals surface area contributed by atoms with Crippen LogP contribution in [0, 0.1) is 10.1 Å². The number of methoxy groups -OCH3 is 1. The van der Waals surface area contributed by atoms with Gasteiger partial charge in [0.1, 0.15) is 0 Å². The maximum atomic E-state index is 11.1. The Kier molecular flexibility index (Phi) is 5.10. The Hall–Kier alpha value is -2.15. The summed E-state index contributed by atoms with van der Waals surface area (Å²) in [5.41, 5.74) is 0.754. The van der Waals surface area contributed by atoms with Gasteiger partial charge in [-0.15, -0.1) is 0 Å². The van der Waals surface area contributed by atoms with Crippen molar-refractivity contribution in [2.45, 2.75) is 31.8 Å². The lowest BCUT2D eigenvalue weighted by Gasteiger charge is -2.08. The molecule has 0 unspecified atom stereocenters. The monoisotopic (exact) mass is 294 g/mol. The minimum Gasteiger partial charge on any atom is -0.486 e. The van der Waals surface area contributed by atoms with Crippen LogP contribution in [-0.4, -0.2) is 30.7 Å². The van der Waals surface area contributed by atoms with Gasteiger partial charge in [-0.3, -0.25) is 14.9 Å². The summed E-state index contributed by atoms with van der Waals surface area (Å²) >= 11 is 0. The molecule has 0 atom stereocenters. The average molecular weight is 294 g/mol. The smallest absolute Gasteiger partial charge is 0.311 e. The van der Waals surface area contributed by atoms with E-state index in [2.05, 4.69) is 10.1 Å². The van der Waals surface area contributed by atoms with Crippen LogP contribution in [0.4, 0.5) is 5.69 Å². The molecule has 1 aromatic carbocycles. The molecule has 0 aliphatic heterocycles. The van der Waals surface area contributed by atoms with Gasteiger partial charge in [-0.05, 0) is 24.5 Å². The zero-order valence-electron chi connectivity index (χ0n) is 11.8. The van der Waals surface area contributed by atoms with Crippen LogP contribution in [0.2, 0.25) is 0 Å². The van der Waals surface area contributed by atoms with Crippen LogP contribution < -0.4 is 10.1 Å². The first-order valence-corrected chi connectivity index (χ1v) is 6.80. The standard InChI is InChI=1S/C14H18N2O5/c1-20-14(17)6-7-21-13-5-2-10(8-12(13)16(18)19)9-15-11-3-4-11/h2,5,8,11,15H,3-4,6-7,9H2,1H3. The molecule has 114 valence electrons. The van der Waals surface area contributed by atoms with E-state index in [9.17, 15) is 14.9 Å². The van der Waals surface area contributed by atoms with Gasteiger partial charge in [-0.2, -0.15) is 0 Å². The Balaban J connectivity index is 1.98. The number of ether oxygens (including phenoxy) is 2. The molecule has 1 aliphatic carbocycles. The van der Waals surface area contributed by atoms with Crippen molar-refractivity contribution in [3.05, 3.63) is 33.9 Å². The molecule has 0 saturated heterocycles. The molecule has 7 heteroatoms. The summed E-state index contributed by atoms with van der Waals surface area (Å²) in [6.45, 7) is 0.654. The molecule has 0 radical (unpaired) electrons. The second-order valence-electron chi connectivity index (χ2n) is 4.89. The van der Waals surface area contributed by atoms with Gasteiger partial charge in [0.15, 0.2) is 5.75 Å². The number of nitro benzene ring substituents is 1. The lowest BCUT2D eigenvalue weighted by Crippen LogP contribution is -2.15. The molecular formula is C14H18N2O5. The molecule has 0 aromatic heterocycles. The van der Waals surface area contributed by atoms with Crippen LogP contribution in [0.15, 0.2) is 18.2 Å². The van der Waals surface area contributed by atoms with Crippen molar-refractivity contribution < 1.29 is 19.2 Å². The third-order valence-corrected chi connectivity index (χ3v) is 3.18. The molecule has 0 bridgehead atoms. The molecule has 21 heavy (non-hydrogen) atoms. The maximum absolute atomic E-state index is 11.1. The average Bonchev–Trinajstić information content (AvgIpc) is 3.29. The summed E-state index contributed by atoms with van der Waals surface area (Å²) < 4.78 is 9.79. The summed E-state index contributed by atoms with van der Waals surface area (Å²) in [5.74, 6) is -0.248. The lowest BCUT2D eigenvalue weighted by atomic mass is 10.2. The molecule has 0 amide bonds. The zero-order chi connectivity index (χ0) is 15.2. The fourth-order valence-corrected chi connectivity index (χ4v) is 1.83. The van der Waals surface area contributed by atoms with Crippen molar-refractivity contribution in [3.8, 4) is 5.75 Å². The van der Waals surface area contributed by atoms with Gasteiger partial charge in [0, 0.05) is 18.7 Å². The van der Waals surface area contributed by atoms with Crippen molar-refractivity contribution in [3.63, 3.8) is 0 Å². The van der Waals surface area contributed by atoms with Gasteiger partial charge in [0.25, 0.3) is 0 Å². The first kappa shape index (κ1) is 15.2. The number of esters is 1. The van der Waals surface area contributed by atoms with Crippen LogP contribution in [0.5, 0.6) is 5.75 Å². The molecule has 0 heterocycles. The topological polar surface area (TPSA) is 90.7 Å². The molecular weight excluding hydrogens is 276 g/mol. The van der Waals surface area contributed by atoms with Crippen LogP contribution in [-0.2, 0) is 16.1 Å². The summed E-state index contributed by atoms with van der Waals surface area (Å²) in [4.78, 5) is 21.6. The van der Waals surface area contributed by atoms with Crippen LogP contribution in [0.3, 0.4) is 0 Å². The SMILES string of the molecule is COC(=O)CCOc1ccc(CNC2CC2)cc1[N+](=O)[O-]. The predicted octanol–water partition coefficient (Wildman–Crippen LogP) is 1.79. The van der Waals surface area contributed by atoms with E-state index in [0.29, 0.717) is 12.6 Å². The Morgan fingerprint density at radius 1 is 1.48 bits per heavy atom. The molecule has 7 nitrogen and oxygen atoms in total. The Morgan fingerprint density at radius 2 is 2.24 bits per heavy atom. The van der Waals surface area contributed by atoms with Gasteiger partial charge in [0.05, 0.1) is 25.1 Å². The highest BCUT2D eigenvalue weighted by atomic mass is 16.6. The lowest BCUT2D eigenvalue weighted by molar-refractivity contribution is -0.385. The highest BCUT2D eigenvalue weighted by Crippen LogP contribution is 2.28. The number of nitrogens with zero attached hydrogens (tertiary/aromatic N) is 1. The summed E-state index contributed by atoms with van der Waals surface area (Å²) in [7, 11) is 1.28. The third-order valence-electron chi connectivity index (χ3n) is 3.18. The fourth-order valence-electron chi connectivity index (χ4n) is 1.83. The first-order chi connectivity index (χ1) is 10.1. The first-order valence-electron chi connectivity index (χ1n) is 6.80. The van der Waals surface area contributed by atoms with Crippen LogP contribution >= 0.6 is 0 Å². The number of carbonyl (C=O) groups is 1. The summed E-state index contributed by atoms with van der Waals surface area (Å²) in [6, 6.07) is 5.40. The van der Waals surface area contributed by atoms with Crippen molar-refractivity contribution in [2.75, 3.05) is 13.7 Å². The minimum absolute atomic E-state index is 0.0488. The Labute approximate surface area is 122 Å². The van der Waals surface area contributed by atoms with Crippen molar-refractivity contribution in [1.82, 2.24) is 5.32 Å². The predicted molar refractivity (Wildman–Crippen MR) is 75.1 cm³/mol. The van der Waals surface area contributed by atoms with E-state index in [1.54, 1.807) is 12.1 Å². The van der Waals surface area contributed by atoms with Crippen molar-refractivity contribution >= 4 is 11.7 Å². The van der Waals surface area contributed by atoms with Crippen molar-refractivity contribution in [2.24, 2.45) is 0 Å². The van der Waals surface area contributed by atoms with Gasteiger partial charge < -0.3 is 14.8 Å². The molecule has 1 fully saturated rings. The number of benzene rings is 1. The van der Waals surface area contributed by atoms with E-state index in [4.69, 9.17) is 4.74 Å². The largest absolute Gasteiger partial charge is 0.486 e. The van der Waals surface area contributed by atoms with Gasteiger partial charge in [0.2, 0.25) is 0 Å². The van der Waals surface area contributed by atoms with E-state index in [1.807, 2.05) is 0 Å². The fraction of sp³-hybridized carbons (Fsp3) is 0.500. The molecule has 2 rings (SSSR count). The van der Waals surface area contributed by atoms with E-state index < -0.39 is 10.9 Å². The highest BCUT2D eigenvalue weighted by molar-refractivity contribution is 5.69. The second-order valence-corrected chi connectivity index (χ2v) is 4.89. The minimum atomic E-state index is -0.478. The Bertz CT molecular complexity index is 528. The molecule has 0 spiro atoms. The Morgan fingerprint density at radius 3 is 2.86 bits per heavy atom. The number of rotatable bonds is 8. The number of nitrogens with one attached hydrogen (secondary N) is 1. The highest BCUT2D eigenvalue weighted by Gasteiger charge is 2.21. The van der Waals surface area contributed by atoms with Crippen LogP contribution in [0.25, 0.3) is 0 Å². The number of nitro groups is 1. The van der Waals surface area contributed by atoms with E-state index in [0.717, 1.165) is 18.4 Å². The summed E-state index contributed by atoms with van der Waals surface area (Å²) in [5, 5.41) is 14.4. The van der Waals surface area contributed by atoms with Crippen molar-refractivity contribution in [1.29, 1.82) is 0 Å². The number of hydrogen-bond donors (Lipinski definition) is 1. The molecule has 1 N–H and O–H groups in total. The number of carbonyl (C=O) groups excluding carboxylic acids is 1. The maximum Gasteiger partial charge on any atom is 0.311 e. The van der Waals surface area contributed by atoms with Crippen LogP contribution in [0.1, 0.15) is 24.8 Å². The normalized spacial score (nSPS) is 13.8. The summed E-state index contributed by atoms with van der Waals surface area (Å²) in [6.07, 6.45) is 2.38.